The van der Waals surface area contributed by atoms with Crippen LogP contribution in [0.5, 0.6) is 0 Å². The summed E-state index contributed by atoms with van der Waals surface area (Å²) in [5.41, 5.74) is 0.198. The third-order valence-corrected chi connectivity index (χ3v) is 6.91. The van der Waals surface area contributed by atoms with Gasteiger partial charge in [-0.15, -0.1) is 0 Å². The first-order valence-corrected chi connectivity index (χ1v) is 10.7. The number of hydrogen-bond acceptors (Lipinski definition) is 4. The Morgan fingerprint density at radius 2 is 1.67 bits per heavy atom. The molecule has 1 aliphatic heterocycles. The molecule has 3 rings (SSSR count). The van der Waals surface area contributed by atoms with E-state index in [1.807, 2.05) is 0 Å². The molecule has 0 unspecified atom stereocenters. The van der Waals surface area contributed by atoms with E-state index in [1.54, 1.807) is 29.2 Å². The predicted octanol–water partition coefficient (Wildman–Crippen LogP) is 3.51. The summed E-state index contributed by atoms with van der Waals surface area (Å²) in [6.07, 6.45) is -3.32. The third-order valence-electron chi connectivity index (χ3n) is 4.35. The maximum Gasteiger partial charge on any atom is 0.416 e. The minimum absolute atomic E-state index is 0.181. The summed E-state index contributed by atoms with van der Waals surface area (Å²) >= 11 is 3.31. The van der Waals surface area contributed by atoms with Crippen molar-refractivity contribution in [3.63, 3.8) is 0 Å². The van der Waals surface area contributed by atoms with E-state index in [2.05, 4.69) is 20.9 Å². The Labute approximate surface area is 164 Å². The smallest absolute Gasteiger partial charge is 0.354 e. The molecule has 1 aromatic carbocycles. The van der Waals surface area contributed by atoms with Gasteiger partial charge in [0.2, 0.25) is 10.0 Å². The second-order valence-electron chi connectivity index (χ2n) is 6.07. The standard InChI is InChI=1S/C17H17BrF3N3O2S/c18-12-13-1-3-15(4-2-13)27(25,26)24-9-7-23(8-10-24)16-11-14(5-6-22-16)17(19,20)21/h1-6,11H,7-10,12H2. The second kappa shape index (κ2) is 7.76. The number of benzene rings is 1. The molecule has 5 nitrogen and oxygen atoms in total. The molecule has 0 N–H and O–H groups in total. The molecule has 10 heteroatoms. The molecule has 0 aliphatic carbocycles. The molecule has 1 aliphatic rings. The summed E-state index contributed by atoms with van der Waals surface area (Å²) in [7, 11) is -3.63. The first-order chi connectivity index (χ1) is 12.7. The van der Waals surface area contributed by atoms with E-state index in [-0.39, 0.29) is 36.9 Å². The lowest BCUT2D eigenvalue weighted by atomic mass is 10.2. The van der Waals surface area contributed by atoms with Gasteiger partial charge in [0.1, 0.15) is 5.82 Å². The normalized spacial score (nSPS) is 16.5. The molecule has 1 fully saturated rings. The fourth-order valence-corrected chi connectivity index (χ4v) is 4.62. The number of pyridine rings is 1. The average molecular weight is 464 g/mol. The van der Waals surface area contributed by atoms with Crippen LogP contribution in [0.2, 0.25) is 0 Å². The van der Waals surface area contributed by atoms with Crippen LogP contribution in [0.4, 0.5) is 19.0 Å². The monoisotopic (exact) mass is 463 g/mol. The molecule has 2 heterocycles. The highest BCUT2D eigenvalue weighted by atomic mass is 79.9. The number of anilines is 1. The van der Waals surface area contributed by atoms with E-state index in [9.17, 15) is 21.6 Å². The summed E-state index contributed by atoms with van der Waals surface area (Å²) in [5, 5.41) is 0.635. The Morgan fingerprint density at radius 3 is 2.22 bits per heavy atom. The summed E-state index contributed by atoms with van der Waals surface area (Å²) in [6, 6.07) is 8.51. The van der Waals surface area contributed by atoms with Crippen LogP contribution in [0, 0.1) is 0 Å². The Kier molecular flexibility index (Phi) is 5.78. The Balaban J connectivity index is 1.71. The van der Waals surface area contributed by atoms with E-state index in [4.69, 9.17) is 0 Å². The van der Waals surface area contributed by atoms with Crippen LogP contribution in [0.1, 0.15) is 11.1 Å². The van der Waals surface area contributed by atoms with Crippen molar-refractivity contribution in [2.24, 2.45) is 0 Å². The van der Waals surface area contributed by atoms with Gasteiger partial charge in [0.05, 0.1) is 10.5 Å². The number of halogens is 4. The van der Waals surface area contributed by atoms with E-state index < -0.39 is 21.8 Å². The van der Waals surface area contributed by atoms with Crippen molar-refractivity contribution in [2.45, 2.75) is 16.4 Å². The van der Waals surface area contributed by atoms with E-state index >= 15 is 0 Å². The molecule has 27 heavy (non-hydrogen) atoms. The van der Waals surface area contributed by atoms with Gasteiger partial charge in [0, 0.05) is 37.7 Å². The van der Waals surface area contributed by atoms with Gasteiger partial charge >= 0.3 is 6.18 Å². The van der Waals surface area contributed by atoms with Crippen LogP contribution < -0.4 is 4.90 Å². The van der Waals surface area contributed by atoms with Crippen LogP contribution in [0.3, 0.4) is 0 Å². The summed E-state index contributed by atoms with van der Waals surface area (Å²) in [6.45, 7) is 0.904. The maximum atomic E-state index is 12.9. The van der Waals surface area contributed by atoms with Crippen molar-refractivity contribution in [3.05, 3.63) is 53.7 Å². The quantitative estimate of drug-likeness (QED) is 0.651. The minimum Gasteiger partial charge on any atom is -0.354 e. The van der Waals surface area contributed by atoms with Crippen LogP contribution >= 0.6 is 15.9 Å². The number of piperazine rings is 1. The van der Waals surface area contributed by atoms with Gasteiger partial charge in [0.25, 0.3) is 0 Å². The number of aromatic nitrogens is 1. The van der Waals surface area contributed by atoms with Crippen molar-refractivity contribution >= 4 is 31.8 Å². The lowest BCUT2D eigenvalue weighted by molar-refractivity contribution is -0.137. The molecular weight excluding hydrogens is 447 g/mol. The van der Waals surface area contributed by atoms with Gasteiger partial charge in [-0.3, -0.25) is 0 Å². The number of sulfonamides is 1. The summed E-state index contributed by atoms with van der Waals surface area (Å²) in [4.78, 5) is 5.86. The van der Waals surface area contributed by atoms with E-state index in [0.717, 1.165) is 23.9 Å². The van der Waals surface area contributed by atoms with Crippen LogP contribution in [0.15, 0.2) is 47.5 Å². The Hall–Kier alpha value is -1.65. The van der Waals surface area contributed by atoms with Crippen molar-refractivity contribution in [1.82, 2.24) is 9.29 Å². The highest BCUT2D eigenvalue weighted by Gasteiger charge is 2.32. The van der Waals surface area contributed by atoms with E-state index in [1.165, 1.54) is 4.31 Å². The van der Waals surface area contributed by atoms with Crippen molar-refractivity contribution < 1.29 is 21.6 Å². The van der Waals surface area contributed by atoms with Crippen LogP contribution in [-0.2, 0) is 21.5 Å². The molecule has 0 amide bonds. The zero-order chi connectivity index (χ0) is 19.7. The third kappa shape index (κ3) is 4.44. The number of nitrogens with zero attached hydrogens (tertiary/aromatic N) is 3. The van der Waals surface area contributed by atoms with Gasteiger partial charge in [-0.1, -0.05) is 28.1 Å². The van der Waals surface area contributed by atoms with Crippen molar-refractivity contribution in [2.75, 3.05) is 31.1 Å². The Morgan fingerprint density at radius 1 is 1.04 bits per heavy atom. The van der Waals surface area contributed by atoms with Gasteiger partial charge in [-0.2, -0.15) is 17.5 Å². The molecule has 1 saturated heterocycles. The molecule has 0 bridgehead atoms. The van der Waals surface area contributed by atoms with E-state index in [0.29, 0.717) is 5.33 Å². The lowest BCUT2D eigenvalue weighted by Gasteiger charge is -2.34. The molecular formula is C17H17BrF3N3O2S. The average Bonchev–Trinajstić information content (AvgIpc) is 2.67. The number of alkyl halides is 4. The summed E-state index contributed by atoms with van der Waals surface area (Å²) < 4.78 is 65.4. The number of rotatable bonds is 4. The summed E-state index contributed by atoms with van der Waals surface area (Å²) in [5.74, 6) is 0.198. The lowest BCUT2D eigenvalue weighted by Crippen LogP contribution is -2.49. The highest BCUT2D eigenvalue weighted by molar-refractivity contribution is 9.08. The topological polar surface area (TPSA) is 53.5 Å². The van der Waals surface area contributed by atoms with Gasteiger partial charge in [-0.25, -0.2) is 13.4 Å². The molecule has 0 spiro atoms. The molecule has 0 atom stereocenters. The van der Waals surface area contributed by atoms with Crippen LogP contribution in [-0.4, -0.2) is 43.9 Å². The fourth-order valence-electron chi connectivity index (χ4n) is 2.82. The maximum absolute atomic E-state index is 12.9. The van der Waals surface area contributed by atoms with Crippen molar-refractivity contribution in [3.8, 4) is 0 Å². The van der Waals surface area contributed by atoms with Crippen LogP contribution in [0.25, 0.3) is 0 Å². The molecule has 0 radical (unpaired) electrons. The Bertz CT molecular complexity index is 896. The zero-order valence-corrected chi connectivity index (χ0v) is 16.6. The molecule has 1 aromatic heterocycles. The zero-order valence-electron chi connectivity index (χ0n) is 14.2. The van der Waals surface area contributed by atoms with Crippen molar-refractivity contribution in [1.29, 1.82) is 0 Å². The minimum atomic E-state index is -4.44. The molecule has 0 saturated carbocycles. The SMILES string of the molecule is O=S(=O)(c1ccc(CBr)cc1)N1CCN(c2cc(C(F)(F)F)ccn2)CC1. The first kappa shape index (κ1) is 20.1. The largest absolute Gasteiger partial charge is 0.416 e. The van der Waals surface area contributed by atoms with Gasteiger partial charge in [-0.05, 0) is 29.8 Å². The number of hydrogen-bond donors (Lipinski definition) is 0. The van der Waals surface area contributed by atoms with Gasteiger partial charge < -0.3 is 4.90 Å². The first-order valence-electron chi connectivity index (χ1n) is 8.15. The second-order valence-corrected chi connectivity index (χ2v) is 8.57. The molecule has 146 valence electrons. The predicted molar refractivity (Wildman–Crippen MR) is 99.3 cm³/mol. The fraction of sp³-hybridized carbons (Fsp3) is 0.353. The highest BCUT2D eigenvalue weighted by Crippen LogP contribution is 2.31. The molecule has 2 aromatic rings. The van der Waals surface area contributed by atoms with Gasteiger partial charge in [0.15, 0.2) is 0 Å².